The summed E-state index contributed by atoms with van der Waals surface area (Å²) in [6.45, 7) is 1.65. The lowest BCUT2D eigenvalue weighted by Crippen LogP contribution is -2.46. The number of pyridine rings is 1. The first-order valence-corrected chi connectivity index (χ1v) is 13.2. The molecule has 1 fully saturated rings. The molecule has 0 bridgehead atoms. The summed E-state index contributed by atoms with van der Waals surface area (Å²) >= 11 is 0. The Kier molecular flexibility index (Phi) is 7.69. The van der Waals surface area contributed by atoms with Crippen molar-refractivity contribution in [1.29, 1.82) is 0 Å². The van der Waals surface area contributed by atoms with Gasteiger partial charge in [0.25, 0.3) is 10.0 Å². The molecule has 12 heteroatoms. The van der Waals surface area contributed by atoms with E-state index in [0.29, 0.717) is 30.4 Å². The summed E-state index contributed by atoms with van der Waals surface area (Å²) in [6.07, 6.45) is 1.15. The molecule has 0 amide bonds. The summed E-state index contributed by atoms with van der Waals surface area (Å²) in [5, 5.41) is 0. The Bertz CT molecular complexity index is 1340. The Labute approximate surface area is 214 Å². The molecule has 8 nitrogen and oxygen atoms in total. The van der Waals surface area contributed by atoms with E-state index in [1.54, 1.807) is 19.1 Å². The molecule has 1 aliphatic rings. The van der Waals surface area contributed by atoms with Crippen LogP contribution in [0.1, 0.15) is 41.9 Å². The molecule has 1 aliphatic carbocycles. The van der Waals surface area contributed by atoms with Crippen LogP contribution < -0.4 is 9.46 Å². The number of alkyl halides is 3. The monoisotopic (exact) mass is 535 g/mol. The van der Waals surface area contributed by atoms with Gasteiger partial charge in [-0.15, -0.1) is 0 Å². The van der Waals surface area contributed by atoms with E-state index in [1.807, 2.05) is 19.0 Å². The lowest BCUT2D eigenvalue weighted by atomic mass is 9.79. The minimum atomic E-state index is -4.38. The molecule has 0 saturated heterocycles. The van der Waals surface area contributed by atoms with E-state index in [4.69, 9.17) is 4.74 Å². The van der Waals surface area contributed by atoms with Crippen LogP contribution >= 0.6 is 0 Å². The zero-order valence-electron chi connectivity index (χ0n) is 20.6. The molecule has 1 aromatic carbocycles. The standard InChI is InChI=1S/C25H28F3N5O3S/c1-16-11-24(30-14-22(16)37(34,35)32-23-9-10-29-15-31-23)36-21-8-7-18(13-20(21)33(2)3)17-5-4-6-19(12-17)25(26,27)28/h4-6,9-12,14-15,18,20-21H,7-8,13H2,1-3H3,(H,29,31,32)/t18-,20-,21?/m0/s1. The van der Waals surface area contributed by atoms with Gasteiger partial charge in [0, 0.05) is 18.3 Å². The van der Waals surface area contributed by atoms with E-state index in [1.165, 1.54) is 36.9 Å². The summed E-state index contributed by atoms with van der Waals surface area (Å²) in [5.41, 5.74) is 0.471. The van der Waals surface area contributed by atoms with Crippen LogP contribution in [0.2, 0.25) is 0 Å². The van der Waals surface area contributed by atoms with Crippen molar-refractivity contribution in [3.05, 3.63) is 71.8 Å². The fourth-order valence-electron chi connectivity index (χ4n) is 4.63. The lowest BCUT2D eigenvalue weighted by Gasteiger charge is -2.39. The summed E-state index contributed by atoms with van der Waals surface area (Å²) in [7, 11) is -0.106. The molecule has 1 saturated carbocycles. The van der Waals surface area contributed by atoms with Crippen LogP contribution in [0.5, 0.6) is 5.88 Å². The molecule has 1 N–H and O–H groups in total. The third kappa shape index (κ3) is 6.37. The molecule has 0 radical (unpaired) electrons. The molecule has 2 heterocycles. The quantitative estimate of drug-likeness (QED) is 0.471. The van der Waals surface area contributed by atoms with E-state index in [0.717, 1.165) is 6.07 Å². The Balaban J connectivity index is 1.48. The van der Waals surface area contributed by atoms with Gasteiger partial charge in [-0.1, -0.05) is 18.2 Å². The van der Waals surface area contributed by atoms with Gasteiger partial charge in [-0.25, -0.2) is 23.4 Å². The zero-order chi connectivity index (χ0) is 26.8. The fourth-order valence-corrected chi connectivity index (χ4v) is 5.81. The van der Waals surface area contributed by atoms with Crippen LogP contribution in [0.25, 0.3) is 0 Å². The minimum Gasteiger partial charge on any atom is -0.473 e. The molecule has 3 aromatic rings. The predicted octanol–water partition coefficient (Wildman–Crippen LogP) is 4.64. The van der Waals surface area contributed by atoms with Crippen molar-refractivity contribution in [2.75, 3.05) is 18.8 Å². The second-order valence-corrected chi connectivity index (χ2v) is 11.0. The number of nitrogens with zero attached hydrogens (tertiary/aromatic N) is 4. The normalized spacial score (nSPS) is 20.6. The Morgan fingerprint density at radius 2 is 1.89 bits per heavy atom. The number of halogens is 3. The number of ether oxygens (including phenoxy) is 1. The highest BCUT2D eigenvalue weighted by Gasteiger charge is 2.36. The van der Waals surface area contributed by atoms with Gasteiger partial charge in [0.05, 0.1) is 11.8 Å². The van der Waals surface area contributed by atoms with Crippen LogP contribution in [0.3, 0.4) is 0 Å². The molecule has 1 unspecified atom stereocenters. The Morgan fingerprint density at radius 1 is 1.11 bits per heavy atom. The van der Waals surface area contributed by atoms with Crippen molar-refractivity contribution in [2.24, 2.45) is 0 Å². The van der Waals surface area contributed by atoms with Gasteiger partial charge >= 0.3 is 6.18 Å². The largest absolute Gasteiger partial charge is 0.473 e. The van der Waals surface area contributed by atoms with E-state index >= 15 is 0 Å². The third-order valence-corrected chi connectivity index (χ3v) is 8.01. The van der Waals surface area contributed by atoms with E-state index in [2.05, 4.69) is 19.7 Å². The van der Waals surface area contributed by atoms with Gasteiger partial charge in [-0.3, -0.25) is 4.72 Å². The average molecular weight is 536 g/mol. The summed E-state index contributed by atoms with van der Waals surface area (Å²) in [6, 6.07) is 8.45. The number of anilines is 1. The number of rotatable bonds is 7. The summed E-state index contributed by atoms with van der Waals surface area (Å²) in [4.78, 5) is 13.9. The van der Waals surface area contributed by atoms with Gasteiger partial charge in [0.15, 0.2) is 0 Å². The highest BCUT2D eigenvalue weighted by atomic mass is 32.2. The van der Waals surface area contributed by atoms with Crippen molar-refractivity contribution >= 4 is 15.8 Å². The smallest absolute Gasteiger partial charge is 0.416 e. The Morgan fingerprint density at radius 3 is 2.54 bits per heavy atom. The minimum absolute atomic E-state index is 0.00382. The molecule has 4 rings (SSSR count). The molecule has 37 heavy (non-hydrogen) atoms. The SMILES string of the molecule is Cc1cc(OC2CC[C@H](c3cccc(C(F)(F)F)c3)C[C@@H]2N(C)C)ncc1S(=O)(=O)Nc1ccncn1. The van der Waals surface area contributed by atoms with E-state index in [-0.39, 0.29) is 34.7 Å². The number of benzene rings is 1. The highest BCUT2D eigenvalue weighted by Crippen LogP contribution is 2.38. The maximum Gasteiger partial charge on any atom is 0.416 e. The second-order valence-electron chi connectivity index (χ2n) is 9.31. The molecule has 2 aromatic heterocycles. The van der Waals surface area contributed by atoms with Crippen molar-refractivity contribution < 1.29 is 26.3 Å². The van der Waals surface area contributed by atoms with Gasteiger partial charge in [0.2, 0.25) is 5.88 Å². The molecule has 0 aliphatic heterocycles. The number of nitrogens with one attached hydrogen (secondary N) is 1. The van der Waals surface area contributed by atoms with Crippen molar-refractivity contribution in [2.45, 2.75) is 55.3 Å². The maximum absolute atomic E-state index is 13.2. The van der Waals surface area contributed by atoms with Gasteiger partial charge in [-0.05, 0) is 69.5 Å². The molecular formula is C25H28F3N5O3S. The average Bonchev–Trinajstić information content (AvgIpc) is 2.84. The van der Waals surface area contributed by atoms with Crippen LogP contribution in [0, 0.1) is 6.92 Å². The first-order valence-electron chi connectivity index (χ1n) is 11.7. The summed E-state index contributed by atoms with van der Waals surface area (Å²) in [5.74, 6) is 0.388. The number of aryl methyl sites for hydroxylation is 1. The molecule has 3 atom stereocenters. The Hall–Kier alpha value is -3.25. The van der Waals surface area contributed by atoms with Crippen molar-refractivity contribution in [1.82, 2.24) is 19.9 Å². The van der Waals surface area contributed by atoms with E-state index < -0.39 is 21.8 Å². The third-order valence-electron chi connectivity index (χ3n) is 6.52. The van der Waals surface area contributed by atoms with Crippen LogP contribution in [0.4, 0.5) is 19.0 Å². The van der Waals surface area contributed by atoms with E-state index in [9.17, 15) is 21.6 Å². The number of hydrogen-bond acceptors (Lipinski definition) is 7. The van der Waals surface area contributed by atoms with Gasteiger partial charge in [0.1, 0.15) is 23.1 Å². The van der Waals surface area contributed by atoms with Crippen LogP contribution in [-0.4, -0.2) is 54.5 Å². The topological polar surface area (TPSA) is 97.3 Å². The first-order chi connectivity index (χ1) is 17.4. The predicted molar refractivity (Wildman–Crippen MR) is 132 cm³/mol. The number of sulfonamides is 1. The lowest BCUT2D eigenvalue weighted by molar-refractivity contribution is -0.137. The number of aromatic nitrogens is 3. The maximum atomic E-state index is 13.2. The second kappa shape index (κ2) is 10.6. The van der Waals surface area contributed by atoms with Crippen molar-refractivity contribution in [3.63, 3.8) is 0 Å². The molecular weight excluding hydrogens is 507 g/mol. The van der Waals surface area contributed by atoms with Gasteiger partial charge < -0.3 is 9.64 Å². The fraction of sp³-hybridized carbons (Fsp3) is 0.400. The highest BCUT2D eigenvalue weighted by molar-refractivity contribution is 7.92. The number of hydrogen-bond donors (Lipinski definition) is 1. The zero-order valence-corrected chi connectivity index (χ0v) is 21.4. The van der Waals surface area contributed by atoms with Crippen LogP contribution in [0.15, 0.2) is 60.0 Å². The number of likely N-dealkylation sites (N-methyl/N-ethyl adjacent to an activating group) is 1. The van der Waals surface area contributed by atoms with Crippen LogP contribution in [-0.2, 0) is 16.2 Å². The molecule has 198 valence electrons. The van der Waals surface area contributed by atoms with Gasteiger partial charge in [-0.2, -0.15) is 13.2 Å². The summed E-state index contributed by atoms with van der Waals surface area (Å²) < 4.78 is 73.8. The molecule has 0 spiro atoms. The van der Waals surface area contributed by atoms with Crippen molar-refractivity contribution in [3.8, 4) is 5.88 Å². The first kappa shape index (κ1) is 26.8.